The zero-order chi connectivity index (χ0) is 13.7. The fourth-order valence-electron chi connectivity index (χ4n) is 0.592. The molecule has 0 saturated heterocycles. The lowest BCUT2D eigenvalue weighted by Gasteiger charge is -1.93. The molecule has 1 aromatic rings. The number of benzene rings is 1. The summed E-state index contributed by atoms with van der Waals surface area (Å²) in [5.41, 5.74) is 0. The lowest BCUT2D eigenvalue weighted by molar-refractivity contribution is -0.192. The molecular weight excluding hydrogens is 265 g/mol. The van der Waals surface area contributed by atoms with Crippen molar-refractivity contribution >= 4 is 16.1 Å². The van der Waals surface area contributed by atoms with E-state index in [1.165, 1.54) is 12.1 Å². The van der Waals surface area contributed by atoms with Crippen LogP contribution < -0.4 is 0 Å². The highest BCUT2D eigenvalue weighted by Gasteiger charge is 2.38. The molecule has 0 atom stereocenters. The minimum absolute atomic E-state index is 0.0741. The lowest BCUT2D eigenvalue weighted by atomic mass is 10.4. The Morgan fingerprint density at radius 1 is 1.12 bits per heavy atom. The Morgan fingerprint density at radius 2 is 1.47 bits per heavy atom. The van der Waals surface area contributed by atoms with E-state index in [-0.39, 0.29) is 4.90 Å². The maximum absolute atomic E-state index is 10.6. The van der Waals surface area contributed by atoms with Crippen LogP contribution in [0.1, 0.15) is 0 Å². The van der Waals surface area contributed by atoms with Gasteiger partial charge in [0.1, 0.15) is 0 Å². The number of rotatable bonds is 1. The van der Waals surface area contributed by atoms with E-state index in [9.17, 15) is 21.6 Å². The highest BCUT2D eigenvalue weighted by molar-refractivity contribution is 7.85. The van der Waals surface area contributed by atoms with Gasteiger partial charge in [-0.1, -0.05) is 18.2 Å². The monoisotopic (exact) mass is 272 g/mol. The topological polar surface area (TPSA) is 91.7 Å². The number of carbonyl (C=O) groups is 1. The van der Waals surface area contributed by atoms with E-state index >= 15 is 0 Å². The van der Waals surface area contributed by atoms with Gasteiger partial charge in [-0.3, -0.25) is 4.55 Å². The van der Waals surface area contributed by atoms with Crippen molar-refractivity contribution < 1.29 is 36.0 Å². The maximum atomic E-state index is 10.6. The normalized spacial score (nSPS) is 11.3. The first-order valence-electron chi connectivity index (χ1n) is 3.88. The van der Waals surface area contributed by atoms with Crippen molar-refractivity contribution in [2.24, 2.45) is 0 Å². The quantitative estimate of drug-likeness (QED) is 0.757. The van der Waals surface area contributed by atoms with Crippen LogP contribution in [0.3, 0.4) is 0 Å². The van der Waals surface area contributed by atoms with E-state index in [1.54, 1.807) is 18.2 Å². The molecule has 2 N–H and O–H groups in total. The number of carboxylic acid groups (broad SMARTS) is 1. The average Bonchev–Trinajstić information content (AvgIpc) is 2.17. The molecule has 0 bridgehead atoms. The van der Waals surface area contributed by atoms with Crippen molar-refractivity contribution in [2.45, 2.75) is 11.1 Å². The second-order valence-electron chi connectivity index (χ2n) is 2.59. The minimum Gasteiger partial charge on any atom is -0.475 e. The molecule has 0 fully saturated rings. The molecule has 0 saturated carbocycles. The zero-order valence-electron chi connectivity index (χ0n) is 8.05. The van der Waals surface area contributed by atoms with Gasteiger partial charge < -0.3 is 5.11 Å². The Labute approximate surface area is 94.2 Å². The SMILES string of the molecule is O=C(O)C(F)(F)F.O=S(=O)(O)c1ccccc1. The third kappa shape index (κ3) is 6.53. The molecule has 17 heavy (non-hydrogen) atoms. The summed E-state index contributed by atoms with van der Waals surface area (Å²) < 4.78 is 61.0. The first-order valence-corrected chi connectivity index (χ1v) is 5.32. The largest absolute Gasteiger partial charge is 0.490 e. The van der Waals surface area contributed by atoms with Crippen molar-refractivity contribution in [3.05, 3.63) is 30.3 Å². The van der Waals surface area contributed by atoms with Crippen LogP contribution in [0, 0.1) is 0 Å². The van der Waals surface area contributed by atoms with Crippen LogP contribution in [0.15, 0.2) is 35.2 Å². The second kappa shape index (κ2) is 5.64. The van der Waals surface area contributed by atoms with Gasteiger partial charge in [-0.05, 0) is 12.1 Å². The van der Waals surface area contributed by atoms with Gasteiger partial charge in [-0.15, -0.1) is 0 Å². The summed E-state index contributed by atoms with van der Waals surface area (Å²) in [6.07, 6.45) is -5.08. The van der Waals surface area contributed by atoms with Crippen LogP contribution in [0.2, 0.25) is 0 Å². The average molecular weight is 272 g/mol. The van der Waals surface area contributed by atoms with Gasteiger partial charge in [0, 0.05) is 0 Å². The van der Waals surface area contributed by atoms with Gasteiger partial charge in [0.15, 0.2) is 0 Å². The van der Waals surface area contributed by atoms with Crippen LogP contribution in [0.4, 0.5) is 13.2 Å². The number of carboxylic acids is 1. The molecule has 0 amide bonds. The molecule has 5 nitrogen and oxygen atoms in total. The van der Waals surface area contributed by atoms with Crippen LogP contribution in [-0.2, 0) is 14.9 Å². The summed E-state index contributed by atoms with van der Waals surface area (Å²) in [4.78, 5) is 8.82. The van der Waals surface area contributed by atoms with Gasteiger partial charge in [-0.2, -0.15) is 21.6 Å². The second-order valence-corrected chi connectivity index (χ2v) is 4.01. The van der Waals surface area contributed by atoms with Crippen molar-refractivity contribution in [1.29, 1.82) is 0 Å². The zero-order valence-corrected chi connectivity index (χ0v) is 8.86. The van der Waals surface area contributed by atoms with Crippen molar-refractivity contribution in [3.63, 3.8) is 0 Å². The molecule has 96 valence electrons. The van der Waals surface area contributed by atoms with Crippen LogP contribution in [0.25, 0.3) is 0 Å². The summed E-state index contributed by atoms with van der Waals surface area (Å²) >= 11 is 0. The first kappa shape index (κ1) is 15.4. The molecule has 0 unspecified atom stereocenters. The number of hydrogen-bond acceptors (Lipinski definition) is 3. The van der Waals surface area contributed by atoms with E-state index in [0.717, 1.165) is 0 Å². The standard InChI is InChI=1S/C6H6O3S.C2HF3O2/c7-10(8,9)6-4-2-1-3-5-6;3-2(4,5)1(6)7/h1-5H,(H,7,8,9);(H,6,7). The highest BCUT2D eigenvalue weighted by atomic mass is 32.2. The van der Waals surface area contributed by atoms with Crippen LogP contribution >= 0.6 is 0 Å². The Bertz CT molecular complexity index is 466. The summed E-state index contributed by atoms with van der Waals surface area (Å²) in [5.74, 6) is -2.76. The number of hydrogen-bond donors (Lipinski definition) is 2. The molecule has 9 heteroatoms. The van der Waals surface area contributed by atoms with Gasteiger partial charge >= 0.3 is 12.1 Å². The number of halogens is 3. The molecule has 1 rings (SSSR count). The Morgan fingerprint density at radius 3 is 1.65 bits per heavy atom. The Balaban J connectivity index is 0.000000325. The summed E-state index contributed by atoms with van der Waals surface area (Å²) in [5, 5.41) is 7.12. The fourth-order valence-corrected chi connectivity index (χ4v) is 1.09. The van der Waals surface area contributed by atoms with Crippen LogP contribution in [0.5, 0.6) is 0 Å². The molecule has 0 spiro atoms. The molecular formula is C8H7F3O5S. The van der Waals surface area contributed by atoms with Gasteiger partial charge in [0.2, 0.25) is 0 Å². The molecule has 0 heterocycles. The Hall–Kier alpha value is -1.61. The van der Waals surface area contributed by atoms with Crippen LogP contribution in [-0.4, -0.2) is 30.2 Å². The number of alkyl halides is 3. The number of aliphatic carboxylic acids is 1. The van der Waals surface area contributed by atoms with E-state index in [2.05, 4.69) is 0 Å². The molecule has 0 radical (unpaired) electrons. The molecule has 0 aromatic heterocycles. The molecule has 0 aliphatic heterocycles. The third-order valence-corrected chi connectivity index (χ3v) is 2.15. The maximum Gasteiger partial charge on any atom is 0.490 e. The van der Waals surface area contributed by atoms with E-state index in [4.69, 9.17) is 14.5 Å². The fraction of sp³-hybridized carbons (Fsp3) is 0.125. The predicted octanol–water partition coefficient (Wildman–Crippen LogP) is 1.57. The molecule has 1 aromatic carbocycles. The first-order chi connectivity index (χ1) is 7.55. The van der Waals surface area contributed by atoms with Crippen molar-refractivity contribution in [3.8, 4) is 0 Å². The van der Waals surface area contributed by atoms with E-state index in [1.807, 2.05) is 0 Å². The van der Waals surface area contributed by atoms with Gasteiger partial charge in [-0.25, -0.2) is 4.79 Å². The smallest absolute Gasteiger partial charge is 0.475 e. The van der Waals surface area contributed by atoms with Gasteiger partial charge in [0.25, 0.3) is 10.1 Å². The molecule has 0 aliphatic carbocycles. The predicted molar refractivity (Wildman–Crippen MR) is 49.9 cm³/mol. The summed E-state index contributed by atoms with van der Waals surface area (Å²) in [6, 6.07) is 7.42. The Kier molecular flexibility index (Phi) is 5.10. The minimum atomic E-state index is -5.08. The molecule has 0 aliphatic rings. The lowest BCUT2D eigenvalue weighted by Crippen LogP contribution is -2.21. The summed E-state index contributed by atoms with van der Waals surface area (Å²) in [6.45, 7) is 0. The van der Waals surface area contributed by atoms with E-state index in [0.29, 0.717) is 0 Å². The highest BCUT2D eigenvalue weighted by Crippen LogP contribution is 2.13. The summed E-state index contributed by atoms with van der Waals surface area (Å²) in [7, 11) is -4.00. The third-order valence-electron chi connectivity index (χ3n) is 1.28. The van der Waals surface area contributed by atoms with Crippen molar-refractivity contribution in [2.75, 3.05) is 0 Å². The van der Waals surface area contributed by atoms with Crippen molar-refractivity contribution in [1.82, 2.24) is 0 Å². The van der Waals surface area contributed by atoms with E-state index < -0.39 is 22.3 Å². The van der Waals surface area contributed by atoms with Gasteiger partial charge in [0.05, 0.1) is 4.90 Å².